The van der Waals surface area contributed by atoms with Crippen molar-refractivity contribution in [3.8, 4) is 0 Å². The Morgan fingerprint density at radius 3 is 2.50 bits per heavy atom. The van der Waals surface area contributed by atoms with Crippen LogP contribution < -0.4 is 5.32 Å². The molecule has 0 bridgehead atoms. The lowest BCUT2D eigenvalue weighted by molar-refractivity contribution is -0.386. The number of rotatable bonds is 4. The largest absolute Gasteiger partial charge is 0.314 e. The molecule has 0 radical (unpaired) electrons. The summed E-state index contributed by atoms with van der Waals surface area (Å²) in [4.78, 5) is 11.6. The molecule has 2 rings (SSSR count). The van der Waals surface area contributed by atoms with Gasteiger partial charge in [0.1, 0.15) is 11.9 Å². The summed E-state index contributed by atoms with van der Waals surface area (Å²) in [5, 5.41) is 14.0. The fourth-order valence-corrected chi connectivity index (χ4v) is 2.38. The van der Waals surface area contributed by atoms with Crippen LogP contribution >= 0.6 is 0 Å². The van der Waals surface area contributed by atoms with E-state index in [2.05, 4.69) is 5.32 Å². The van der Waals surface area contributed by atoms with E-state index in [9.17, 15) is 23.3 Å². The molecule has 0 spiro atoms. The van der Waals surface area contributed by atoms with Gasteiger partial charge >= 0.3 is 0 Å². The van der Waals surface area contributed by atoms with Gasteiger partial charge < -0.3 is 5.32 Å². The minimum atomic E-state index is -2.78. The van der Waals surface area contributed by atoms with Crippen molar-refractivity contribution in [3.05, 3.63) is 39.7 Å². The van der Waals surface area contributed by atoms with Crippen molar-refractivity contribution in [2.45, 2.75) is 12.5 Å². The van der Waals surface area contributed by atoms with E-state index in [1.54, 1.807) is 0 Å². The van der Waals surface area contributed by atoms with Crippen LogP contribution in [0.5, 0.6) is 0 Å². The van der Waals surface area contributed by atoms with Gasteiger partial charge in [0, 0.05) is 26.2 Å². The first-order valence-electron chi connectivity index (χ1n) is 6.17. The Bertz CT molecular complexity index is 493. The van der Waals surface area contributed by atoms with Gasteiger partial charge in [0.25, 0.3) is 12.1 Å². The van der Waals surface area contributed by atoms with E-state index >= 15 is 0 Å². The zero-order chi connectivity index (χ0) is 14.7. The van der Waals surface area contributed by atoms with Crippen LogP contribution in [-0.4, -0.2) is 42.4 Å². The highest BCUT2D eigenvalue weighted by Gasteiger charge is 2.35. The molecule has 0 unspecified atom stereocenters. The lowest BCUT2D eigenvalue weighted by Gasteiger charge is -2.34. The van der Waals surface area contributed by atoms with Crippen molar-refractivity contribution in [2.24, 2.45) is 0 Å². The number of nitrogens with zero attached hydrogens (tertiary/aromatic N) is 2. The van der Waals surface area contributed by atoms with Crippen LogP contribution in [0, 0.1) is 15.9 Å². The molecule has 1 aliphatic heterocycles. The molecule has 1 fully saturated rings. The second-order valence-electron chi connectivity index (χ2n) is 4.53. The van der Waals surface area contributed by atoms with Crippen LogP contribution in [0.2, 0.25) is 0 Å². The SMILES string of the molecule is O=[N+]([O-])c1cc(F)ccc1[C@@H](C(F)F)N1CCNCC1. The van der Waals surface area contributed by atoms with E-state index in [1.165, 1.54) is 4.90 Å². The van der Waals surface area contributed by atoms with Crippen LogP contribution in [0.4, 0.5) is 18.9 Å². The first-order chi connectivity index (χ1) is 9.50. The number of nitro benzene ring substituents is 1. The third-order valence-corrected chi connectivity index (χ3v) is 3.29. The molecule has 0 aliphatic carbocycles. The molecule has 20 heavy (non-hydrogen) atoms. The van der Waals surface area contributed by atoms with Gasteiger partial charge in [0.15, 0.2) is 0 Å². The monoisotopic (exact) mass is 289 g/mol. The molecule has 1 aliphatic rings. The topological polar surface area (TPSA) is 58.4 Å². The first-order valence-corrected chi connectivity index (χ1v) is 6.17. The van der Waals surface area contributed by atoms with E-state index in [0.717, 1.165) is 12.1 Å². The second-order valence-corrected chi connectivity index (χ2v) is 4.53. The Hall–Kier alpha value is -1.67. The third kappa shape index (κ3) is 3.07. The first kappa shape index (κ1) is 14.7. The lowest BCUT2D eigenvalue weighted by atomic mass is 10.0. The molecule has 0 aromatic heterocycles. The van der Waals surface area contributed by atoms with Crippen LogP contribution in [0.25, 0.3) is 0 Å². The maximum absolute atomic E-state index is 13.3. The average molecular weight is 289 g/mol. The number of nitro groups is 1. The molecule has 1 saturated heterocycles. The van der Waals surface area contributed by atoms with E-state index in [-0.39, 0.29) is 5.56 Å². The van der Waals surface area contributed by atoms with Gasteiger partial charge in [-0.3, -0.25) is 15.0 Å². The van der Waals surface area contributed by atoms with E-state index < -0.39 is 28.9 Å². The molecule has 0 amide bonds. The molecule has 1 N–H and O–H groups in total. The predicted molar refractivity (Wildman–Crippen MR) is 66.2 cm³/mol. The van der Waals surface area contributed by atoms with Crippen molar-refractivity contribution in [1.29, 1.82) is 0 Å². The minimum absolute atomic E-state index is 0.145. The molecule has 1 heterocycles. The summed E-state index contributed by atoms with van der Waals surface area (Å²) in [6, 6.07) is 1.34. The molecule has 5 nitrogen and oxygen atoms in total. The predicted octanol–water partition coefficient (Wildman–Crippen LogP) is 1.95. The van der Waals surface area contributed by atoms with E-state index in [0.29, 0.717) is 32.2 Å². The zero-order valence-electron chi connectivity index (χ0n) is 10.6. The number of hydrogen-bond acceptors (Lipinski definition) is 4. The molecular formula is C12H14F3N3O2. The van der Waals surface area contributed by atoms with Gasteiger partial charge in [-0.15, -0.1) is 0 Å². The fraction of sp³-hybridized carbons (Fsp3) is 0.500. The number of nitrogens with one attached hydrogen (secondary N) is 1. The summed E-state index contributed by atoms with van der Waals surface area (Å²) in [6.45, 7) is 1.81. The number of alkyl halides is 2. The maximum Gasteiger partial charge on any atom is 0.277 e. The van der Waals surface area contributed by atoms with Crippen molar-refractivity contribution in [2.75, 3.05) is 26.2 Å². The number of halogens is 3. The highest BCUT2D eigenvalue weighted by atomic mass is 19.3. The molecule has 8 heteroatoms. The van der Waals surface area contributed by atoms with Crippen molar-refractivity contribution < 1.29 is 18.1 Å². The van der Waals surface area contributed by atoms with Gasteiger partial charge in [0.2, 0.25) is 0 Å². The van der Waals surface area contributed by atoms with Crippen LogP contribution in [0.15, 0.2) is 18.2 Å². The summed E-state index contributed by atoms with van der Waals surface area (Å²) >= 11 is 0. The number of benzene rings is 1. The standard InChI is InChI=1S/C12H14F3N3O2/c13-8-1-2-9(10(7-8)18(19)20)11(12(14)15)17-5-3-16-4-6-17/h1-2,7,11-12,16H,3-6H2/t11-/m0/s1. The highest BCUT2D eigenvalue weighted by molar-refractivity contribution is 5.43. The van der Waals surface area contributed by atoms with Crippen molar-refractivity contribution in [1.82, 2.24) is 10.2 Å². The summed E-state index contributed by atoms with van der Waals surface area (Å²) in [6.07, 6.45) is -2.78. The van der Waals surface area contributed by atoms with Crippen LogP contribution in [0.3, 0.4) is 0 Å². The highest BCUT2D eigenvalue weighted by Crippen LogP contribution is 2.34. The molecule has 1 atom stereocenters. The Morgan fingerprint density at radius 2 is 1.95 bits per heavy atom. The molecular weight excluding hydrogens is 275 g/mol. The lowest BCUT2D eigenvalue weighted by Crippen LogP contribution is -2.47. The van der Waals surface area contributed by atoms with Crippen LogP contribution in [0.1, 0.15) is 11.6 Å². The summed E-state index contributed by atoms with van der Waals surface area (Å²) in [5.41, 5.74) is -0.748. The summed E-state index contributed by atoms with van der Waals surface area (Å²) < 4.78 is 39.8. The van der Waals surface area contributed by atoms with E-state index in [4.69, 9.17) is 0 Å². The van der Waals surface area contributed by atoms with Crippen LogP contribution in [-0.2, 0) is 0 Å². The summed E-state index contributed by atoms with van der Waals surface area (Å²) in [7, 11) is 0. The Balaban J connectivity index is 2.40. The van der Waals surface area contributed by atoms with Gasteiger partial charge in [-0.2, -0.15) is 0 Å². The molecule has 0 saturated carbocycles. The van der Waals surface area contributed by atoms with Gasteiger partial charge in [-0.05, 0) is 12.1 Å². The van der Waals surface area contributed by atoms with E-state index in [1.807, 2.05) is 0 Å². The second kappa shape index (κ2) is 6.19. The Labute approximate surface area is 113 Å². The molecule has 110 valence electrons. The van der Waals surface area contributed by atoms with Crippen molar-refractivity contribution >= 4 is 5.69 Å². The Morgan fingerprint density at radius 1 is 1.30 bits per heavy atom. The normalized spacial score (nSPS) is 18.2. The zero-order valence-corrected chi connectivity index (χ0v) is 10.6. The summed E-state index contributed by atoms with van der Waals surface area (Å²) in [5.74, 6) is -0.811. The van der Waals surface area contributed by atoms with Gasteiger partial charge in [-0.1, -0.05) is 0 Å². The fourth-order valence-electron chi connectivity index (χ4n) is 2.38. The van der Waals surface area contributed by atoms with Crippen molar-refractivity contribution in [3.63, 3.8) is 0 Å². The maximum atomic E-state index is 13.3. The molecule has 1 aromatic rings. The third-order valence-electron chi connectivity index (χ3n) is 3.29. The number of piperazine rings is 1. The number of hydrogen-bond donors (Lipinski definition) is 1. The quantitative estimate of drug-likeness (QED) is 0.680. The molecule has 1 aromatic carbocycles. The van der Waals surface area contributed by atoms with Gasteiger partial charge in [-0.25, -0.2) is 13.2 Å². The smallest absolute Gasteiger partial charge is 0.277 e. The minimum Gasteiger partial charge on any atom is -0.314 e. The Kier molecular flexibility index (Phi) is 4.56. The average Bonchev–Trinajstić information content (AvgIpc) is 2.41. The van der Waals surface area contributed by atoms with Gasteiger partial charge in [0.05, 0.1) is 16.6 Å².